The van der Waals surface area contributed by atoms with Gasteiger partial charge in [-0.1, -0.05) is 25.7 Å². The van der Waals surface area contributed by atoms with Crippen molar-refractivity contribution in [1.82, 2.24) is 10.2 Å². The highest BCUT2D eigenvalue weighted by Crippen LogP contribution is 2.38. The van der Waals surface area contributed by atoms with Crippen molar-refractivity contribution >= 4 is 5.91 Å². The molecule has 0 bridgehead atoms. The average molecular weight is 250 g/mol. The number of hydrogen-bond acceptors (Lipinski definition) is 2. The lowest BCUT2D eigenvalue weighted by Crippen LogP contribution is -2.47. The van der Waals surface area contributed by atoms with E-state index in [9.17, 15) is 4.79 Å². The van der Waals surface area contributed by atoms with Crippen LogP contribution < -0.4 is 5.32 Å². The molecule has 18 heavy (non-hydrogen) atoms. The van der Waals surface area contributed by atoms with E-state index in [1.165, 1.54) is 51.4 Å². The van der Waals surface area contributed by atoms with E-state index in [-0.39, 0.29) is 6.04 Å². The highest BCUT2D eigenvalue weighted by atomic mass is 16.2. The molecule has 0 aromatic heterocycles. The van der Waals surface area contributed by atoms with Crippen LogP contribution in [0.3, 0.4) is 0 Å². The van der Waals surface area contributed by atoms with E-state index in [4.69, 9.17) is 0 Å². The average Bonchev–Trinajstić information content (AvgIpc) is 2.88. The third-order valence-electron chi connectivity index (χ3n) is 5.18. The Morgan fingerprint density at radius 2 is 1.67 bits per heavy atom. The van der Waals surface area contributed by atoms with Gasteiger partial charge in [0, 0.05) is 13.1 Å². The van der Waals surface area contributed by atoms with Gasteiger partial charge in [0.25, 0.3) is 0 Å². The Kier molecular flexibility index (Phi) is 3.88. The zero-order chi connectivity index (χ0) is 12.4. The summed E-state index contributed by atoms with van der Waals surface area (Å²) >= 11 is 0. The maximum Gasteiger partial charge on any atom is 0.240 e. The maximum absolute atomic E-state index is 12.7. The molecule has 1 aliphatic carbocycles. The molecule has 2 heterocycles. The number of fused-ring (bicyclic) bond motifs is 1. The number of nitrogens with zero attached hydrogens (tertiary/aromatic N) is 1. The second-order valence-corrected chi connectivity index (χ2v) is 6.33. The van der Waals surface area contributed by atoms with E-state index >= 15 is 0 Å². The Balaban J connectivity index is 1.62. The molecule has 1 saturated carbocycles. The summed E-state index contributed by atoms with van der Waals surface area (Å²) < 4.78 is 0. The van der Waals surface area contributed by atoms with Gasteiger partial charge in [-0.05, 0) is 44.1 Å². The molecular weight excluding hydrogens is 224 g/mol. The lowest BCUT2D eigenvalue weighted by Gasteiger charge is -2.29. The summed E-state index contributed by atoms with van der Waals surface area (Å²) in [6.45, 7) is 3.07. The Morgan fingerprint density at radius 1 is 0.944 bits per heavy atom. The van der Waals surface area contributed by atoms with Crippen LogP contribution in [0.1, 0.15) is 51.4 Å². The fourth-order valence-corrected chi connectivity index (χ4v) is 4.12. The van der Waals surface area contributed by atoms with Crippen LogP contribution in [0, 0.1) is 11.8 Å². The van der Waals surface area contributed by atoms with Gasteiger partial charge in [-0.25, -0.2) is 0 Å². The molecule has 3 aliphatic rings. The van der Waals surface area contributed by atoms with Crippen LogP contribution >= 0.6 is 0 Å². The van der Waals surface area contributed by atoms with E-state index in [1.807, 2.05) is 0 Å². The van der Waals surface area contributed by atoms with Gasteiger partial charge in [0.2, 0.25) is 5.91 Å². The summed E-state index contributed by atoms with van der Waals surface area (Å²) in [6, 6.07) is 0.150. The Labute approximate surface area is 110 Å². The molecule has 3 fully saturated rings. The molecule has 3 rings (SSSR count). The van der Waals surface area contributed by atoms with Crippen molar-refractivity contribution in [2.24, 2.45) is 11.8 Å². The summed E-state index contributed by atoms with van der Waals surface area (Å²) in [5.41, 5.74) is 0. The minimum absolute atomic E-state index is 0.150. The summed E-state index contributed by atoms with van der Waals surface area (Å²) in [5, 5.41) is 3.50. The van der Waals surface area contributed by atoms with Crippen molar-refractivity contribution in [1.29, 1.82) is 0 Å². The van der Waals surface area contributed by atoms with Gasteiger partial charge in [0.15, 0.2) is 0 Å². The number of carbonyl (C=O) groups is 1. The molecule has 0 spiro atoms. The first kappa shape index (κ1) is 12.5. The monoisotopic (exact) mass is 250 g/mol. The second kappa shape index (κ2) is 5.60. The summed E-state index contributed by atoms with van der Waals surface area (Å²) in [4.78, 5) is 14.8. The smallest absolute Gasteiger partial charge is 0.240 e. The molecule has 102 valence electrons. The molecule has 0 radical (unpaired) electrons. The Morgan fingerprint density at radius 3 is 2.44 bits per heavy atom. The molecule has 1 amide bonds. The standard InChI is InChI=1S/C15H26N2O/c18-15(17-9-4-2-1-3-5-10-17)14-13-8-6-7-12(13)11-16-14/h12-14,16H,1-11H2. The quantitative estimate of drug-likeness (QED) is 0.773. The molecular formula is C15H26N2O. The third kappa shape index (κ3) is 2.42. The second-order valence-electron chi connectivity index (χ2n) is 6.33. The topological polar surface area (TPSA) is 32.3 Å². The van der Waals surface area contributed by atoms with Crippen molar-refractivity contribution in [2.45, 2.75) is 57.4 Å². The normalized spacial score (nSPS) is 37.1. The number of rotatable bonds is 1. The van der Waals surface area contributed by atoms with E-state index in [0.29, 0.717) is 11.8 Å². The minimum atomic E-state index is 0.150. The van der Waals surface area contributed by atoms with Crippen LogP contribution in [0.2, 0.25) is 0 Å². The van der Waals surface area contributed by atoms with Crippen molar-refractivity contribution in [3.8, 4) is 0 Å². The zero-order valence-electron chi connectivity index (χ0n) is 11.4. The van der Waals surface area contributed by atoms with Crippen LogP contribution in [0.4, 0.5) is 0 Å². The third-order valence-corrected chi connectivity index (χ3v) is 5.18. The molecule has 3 nitrogen and oxygen atoms in total. The van der Waals surface area contributed by atoms with Gasteiger partial charge in [0.05, 0.1) is 6.04 Å². The van der Waals surface area contributed by atoms with Gasteiger partial charge in [-0.2, -0.15) is 0 Å². The number of amides is 1. The molecule has 3 atom stereocenters. The largest absolute Gasteiger partial charge is 0.341 e. The molecule has 1 N–H and O–H groups in total. The molecule has 0 aromatic rings. The van der Waals surface area contributed by atoms with Gasteiger partial charge < -0.3 is 10.2 Å². The summed E-state index contributed by atoms with van der Waals surface area (Å²) in [7, 11) is 0. The molecule has 3 unspecified atom stereocenters. The van der Waals surface area contributed by atoms with Crippen molar-refractivity contribution < 1.29 is 4.79 Å². The first-order valence-electron chi connectivity index (χ1n) is 7.88. The highest BCUT2D eigenvalue weighted by molar-refractivity contribution is 5.82. The fraction of sp³-hybridized carbons (Fsp3) is 0.933. The van der Waals surface area contributed by atoms with Crippen LogP contribution in [0.25, 0.3) is 0 Å². The van der Waals surface area contributed by atoms with E-state index < -0.39 is 0 Å². The van der Waals surface area contributed by atoms with Gasteiger partial charge in [-0.3, -0.25) is 4.79 Å². The first-order chi connectivity index (χ1) is 8.86. The van der Waals surface area contributed by atoms with Crippen LogP contribution in [0.5, 0.6) is 0 Å². The van der Waals surface area contributed by atoms with Crippen molar-refractivity contribution in [2.75, 3.05) is 19.6 Å². The van der Waals surface area contributed by atoms with Gasteiger partial charge >= 0.3 is 0 Å². The Bertz CT molecular complexity index is 297. The molecule has 3 heteroatoms. The lowest BCUT2D eigenvalue weighted by molar-refractivity contribution is -0.134. The van der Waals surface area contributed by atoms with Crippen molar-refractivity contribution in [3.05, 3.63) is 0 Å². The minimum Gasteiger partial charge on any atom is -0.341 e. The van der Waals surface area contributed by atoms with E-state index in [1.54, 1.807) is 0 Å². The Hall–Kier alpha value is -0.570. The predicted octanol–water partition coefficient (Wildman–Crippen LogP) is 2.17. The lowest BCUT2D eigenvalue weighted by atomic mass is 9.93. The number of nitrogens with one attached hydrogen (secondary N) is 1. The number of likely N-dealkylation sites (tertiary alicyclic amines) is 1. The van der Waals surface area contributed by atoms with E-state index in [2.05, 4.69) is 10.2 Å². The zero-order valence-corrected chi connectivity index (χ0v) is 11.4. The molecule has 2 aliphatic heterocycles. The fourth-order valence-electron chi connectivity index (χ4n) is 4.12. The summed E-state index contributed by atoms with van der Waals surface area (Å²) in [6.07, 6.45) is 10.3. The van der Waals surface area contributed by atoms with E-state index in [0.717, 1.165) is 25.6 Å². The first-order valence-corrected chi connectivity index (χ1v) is 7.88. The van der Waals surface area contributed by atoms with Crippen molar-refractivity contribution in [3.63, 3.8) is 0 Å². The molecule has 0 aromatic carbocycles. The van der Waals surface area contributed by atoms with Crippen LogP contribution in [-0.4, -0.2) is 36.5 Å². The van der Waals surface area contributed by atoms with Crippen LogP contribution in [-0.2, 0) is 4.79 Å². The number of carbonyl (C=O) groups excluding carboxylic acids is 1. The molecule has 2 saturated heterocycles. The highest BCUT2D eigenvalue weighted by Gasteiger charge is 2.43. The predicted molar refractivity (Wildman–Crippen MR) is 72.3 cm³/mol. The summed E-state index contributed by atoms with van der Waals surface area (Å²) in [5.74, 6) is 1.84. The van der Waals surface area contributed by atoms with Gasteiger partial charge in [-0.15, -0.1) is 0 Å². The van der Waals surface area contributed by atoms with Gasteiger partial charge in [0.1, 0.15) is 0 Å². The maximum atomic E-state index is 12.7. The SMILES string of the molecule is O=C(C1NCC2CCCC21)N1CCCCCCC1. The number of hydrogen-bond donors (Lipinski definition) is 1. The van der Waals surface area contributed by atoms with Crippen LogP contribution in [0.15, 0.2) is 0 Å².